The summed E-state index contributed by atoms with van der Waals surface area (Å²) in [4.78, 5) is 12.4. The summed E-state index contributed by atoms with van der Waals surface area (Å²) in [6.07, 6.45) is 2.24. The van der Waals surface area contributed by atoms with Crippen LogP contribution in [0.15, 0.2) is 0 Å². The summed E-state index contributed by atoms with van der Waals surface area (Å²) in [6, 6.07) is 2.25. The van der Waals surface area contributed by atoms with E-state index < -0.39 is 9.74 Å². The fourth-order valence-electron chi connectivity index (χ4n) is 3.24. The summed E-state index contributed by atoms with van der Waals surface area (Å²) < 4.78 is -0.437. The van der Waals surface area contributed by atoms with Crippen molar-refractivity contribution in [2.45, 2.75) is 42.3 Å². The molecule has 2 nitrogen and oxygen atoms in total. The molecule has 0 aromatic heterocycles. The molecule has 2 aliphatic rings. The van der Waals surface area contributed by atoms with Crippen molar-refractivity contribution in [3.8, 4) is 6.07 Å². The van der Waals surface area contributed by atoms with Crippen molar-refractivity contribution >= 4 is 37.6 Å². The Labute approximate surface area is 107 Å². The van der Waals surface area contributed by atoms with Crippen LogP contribution < -0.4 is 0 Å². The largest absolute Gasteiger partial charge is 0.297 e. The van der Waals surface area contributed by atoms with Gasteiger partial charge in [0.15, 0.2) is 5.78 Å². The molecule has 2 fully saturated rings. The Morgan fingerprint density at radius 3 is 2.53 bits per heavy atom. The highest BCUT2D eigenvalue weighted by atomic mass is 79.9. The molecule has 0 radical (unpaired) electrons. The smallest absolute Gasteiger partial charge is 0.156 e. The fraction of sp³-hybridized carbons (Fsp3) is 0.818. The van der Waals surface area contributed by atoms with Crippen molar-refractivity contribution in [3.63, 3.8) is 0 Å². The average molecular weight is 335 g/mol. The van der Waals surface area contributed by atoms with Crippen LogP contribution in [0.4, 0.5) is 0 Å². The van der Waals surface area contributed by atoms with Crippen LogP contribution in [-0.2, 0) is 4.79 Å². The van der Waals surface area contributed by atoms with E-state index in [4.69, 9.17) is 5.26 Å². The minimum absolute atomic E-state index is 0.0830. The quantitative estimate of drug-likeness (QED) is 0.691. The molecule has 0 aromatic carbocycles. The topological polar surface area (TPSA) is 40.9 Å². The van der Waals surface area contributed by atoms with Gasteiger partial charge in [0.25, 0.3) is 0 Å². The molecule has 0 aliphatic heterocycles. The second-order valence-electron chi connectivity index (χ2n) is 5.17. The van der Waals surface area contributed by atoms with Crippen LogP contribution in [-0.4, -0.2) is 14.9 Å². The van der Waals surface area contributed by atoms with Gasteiger partial charge in [-0.15, -0.1) is 0 Å². The number of ketones is 1. The summed E-state index contributed by atoms with van der Waals surface area (Å²) in [5.41, 5.74) is -0.596. The molecule has 0 amide bonds. The molecule has 3 unspecified atom stereocenters. The van der Waals surface area contributed by atoms with Crippen LogP contribution in [0.3, 0.4) is 0 Å². The van der Waals surface area contributed by atoms with Gasteiger partial charge in [0.05, 0.1) is 10.4 Å². The summed E-state index contributed by atoms with van der Waals surface area (Å²) in [5, 5.41) is 8.96. The van der Waals surface area contributed by atoms with Gasteiger partial charge < -0.3 is 0 Å². The number of fused-ring (bicyclic) bond motifs is 2. The number of hydrogen-bond acceptors (Lipinski definition) is 2. The first-order valence-electron chi connectivity index (χ1n) is 5.08. The monoisotopic (exact) mass is 333 g/mol. The maximum absolute atomic E-state index is 12.3. The summed E-state index contributed by atoms with van der Waals surface area (Å²) in [5.74, 6) is 0.248. The predicted octanol–water partition coefficient (Wildman–Crippen LogP) is 3.19. The zero-order valence-corrected chi connectivity index (χ0v) is 12.0. The van der Waals surface area contributed by atoms with Crippen molar-refractivity contribution < 1.29 is 4.79 Å². The molecule has 0 heterocycles. The molecule has 4 heteroatoms. The highest BCUT2D eigenvalue weighted by Gasteiger charge is 2.74. The second-order valence-corrected chi connectivity index (χ2v) is 7.50. The molecule has 15 heavy (non-hydrogen) atoms. The van der Waals surface area contributed by atoms with E-state index in [-0.39, 0.29) is 16.0 Å². The van der Waals surface area contributed by atoms with E-state index in [1.165, 1.54) is 0 Å². The number of Topliss-reactive ketones (excluding diaryl/α,β-unsaturated/α-hetero) is 1. The minimum atomic E-state index is -0.437. The van der Waals surface area contributed by atoms with E-state index in [9.17, 15) is 4.79 Å². The van der Waals surface area contributed by atoms with Crippen LogP contribution in [0.1, 0.15) is 33.1 Å². The summed E-state index contributed by atoms with van der Waals surface area (Å²) in [6.45, 7) is 3.95. The van der Waals surface area contributed by atoms with Gasteiger partial charge >= 0.3 is 0 Å². The molecule has 2 aliphatic carbocycles. The Morgan fingerprint density at radius 2 is 2.13 bits per heavy atom. The molecule has 2 rings (SSSR count). The summed E-state index contributed by atoms with van der Waals surface area (Å²) in [7, 11) is 0. The van der Waals surface area contributed by atoms with Gasteiger partial charge in [-0.25, -0.2) is 0 Å². The molecule has 82 valence electrons. The molecular weight excluding hydrogens is 322 g/mol. The Morgan fingerprint density at radius 1 is 1.53 bits per heavy atom. The average Bonchev–Trinajstić information content (AvgIpc) is 2.48. The number of carbonyl (C=O) groups is 1. The lowest BCUT2D eigenvalue weighted by atomic mass is 9.63. The van der Waals surface area contributed by atoms with E-state index in [1.54, 1.807) is 0 Å². The standard InChI is InChI=1S/C11H13Br2NO/c1-9(2)8(15)11(13)4-3-10(9,5-6-14)7(11)12/h7H,3-5H2,1-2H3. The highest BCUT2D eigenvalue weighted by molar-refractivity contribution is 9.13. The maximum atomic E-state index is 12.3. The Kier molecular flexibility index (Phi) is 2.38. The van der Waals surface area contributed by atoms with E-state index in [2.05, 4.69) is 37.9 Å². The molecule has 0 spiro atoms. The van der Waals surface area contributed by atoms with Crippen molar-refractivity contribution in [2.75, 3.05) is 0 Å². The SMILES string of the molecule is CC1(C)C(=O)C2(Br)CCC1(CC#N)C2Br. The first-order chi connectivity index (χ1) is 6.83. The number of rotatable bonds is 1. The first kappa shape index (κ1) is 11.6. The Bertz CT molecular complexity index is 373. The first-order valence-corrected chi connectivity index (χ1v) is 6.79. The van der Waals surface area contributed by atoms with Crippen molar-refractivity contribution in [2.24, 2.45) is 10.8 Å². The third-order valence-electron chi connectivity index (χ3n) is 4.41. The molecule has 0 N–H and O–H groups in total. The molecule has 2 saturated carbocycles. The van der Waals surface area contributed by atoms with Gasteiger partial charge in [0.2, 0.25) is 0 Å². The van der Waals surface area contributed by atoms with E-state index in [0.29, 0.717) is 6.42 Å². The zero-order chi connectivity index (χ0) is 11.5. The lowest BCUT2D eigenvalue weighted by molar-refractivity contribution is -0.131. The lowest BCUT2D eigenvalue weighted by Gasteiger charge is -2.40. The van der Waals surface area contributed by atoms with Gasteiger partial charge in [-0.1, -0.05) is 45.7 Å². The van der Waals surface area contributed by atoms with Crippen LogP contribution in [0.5, 0.6) is 0 Å². The third-order valence-corrected chi connectivity index (χ3v) is 7.89. The van der Waals surface area contributed by atoms with Gasteiger partial charge in [-0.05, 0) is 12.8 Å². The molecular formula is C11H13Br2NO. The van der Waals surface area contributed by atoms with Crippen LogP contribution in [0.2, 0.25) is 0 Å². The van der Waals surface area contributed by atoms with Crippen molar-refractivity contribution in [1.29, 1.82) is 5.26 Å². The number of hydrogen-bond donors (Lipinski definition) is 0. The molecule has 0 saturated heterocycles. The minimum Gasteiger partial charge on any atom is -0.297 e. The third kappa shape index (κ3) is 1.07. The van der Waals surface area contributed by atoms with Crippen LogP contribution in [0.25, 0.3) is 0 Å². The highest BCUT2D eigenvalue weighted by Crippen LogP contribution is 2.70. The lowest BCUT2D eigenvalue weighted by Crippen LogP contribution is -2.42. The van der Waals surface area contributed by atoms with Gasteiger partial charge in [-0.3, -0.25) is 4.79 Å². The predicted molar refractivity (Wildman–Crippen MR) is 65.1 cm³/mol. The van der Waals surface area contributed by atoms with Crippen molar-refractivity contribution in [1.82, 2.24) is 0 Å². The molecule has 2 bridgehead atoms. The fourth-order valence-corrected chi connectivity index (χ4v) is 5.77. The van der Waals surface area contributed by atoms with Gasteiger partial charge in [0, 0.05) is 22.1 Å². The maximum Gasteiger partial charge on any atom is 0.156 e. The van der Waals surface area contributed by atoms with E-state index in [0.717, 1.165) is 12.8 Å². The number of nitrogens with zero attached hydrogens (tertiary/aromatic N) is 1. The van der Waals surface area contributed by atoms with E-state index >= 15 is 0 Å². The van der Waals surface area contributed by atoms with Gasteiger partial charge in [-0.2, -0.15) is 5.26 Å². The van der Waals surface area contributed by atoms with Crippen molar-refractivity contribution in [3.05, 3.63) is 0 Å². The zero-order valence-electron chi connectivity index (χ0n) is 8.81. The Hall–Kier alpha value is 0.120. The normalized spacial score (nSPS) is 46.9. The molecule has 3 atom stereocenters. The molecule has 0 aromatic rings. The number of alkyl halides is 2. The van der Waals surface area contributed by atoms with Crippen LogP contribution >= 0.6 is 31.9 Å². The van der Waals surface area contributed by atoms with Crippen LogP contribution in [0, 0.1) is 22.2 Å². The number of halogens is 2. The Balaban J connectivity index is 2.57. The number of carbonyl (C=O) groups excluding carboxylic acids is 1. The second kappa shape index (κ2) is 3.07. The summed E-state index contributed by atoms with van der Waals surface area (Å²) >= 11 is 7.24. The van der Waals surface area contributed by atoms with Gasteiger partial charge in [0.1, 0.15) is 0 Å². The van der Waals surface area contributed by atoms with E-state index in [1.807, 2.05) is 13.8 Å². The number of nitriles is 1.